The number of morpholine rings is 1. The lowest BCUT2D eigenvalue weighted by atomic mass is 10.1. The molecule has 10 nitrogen and oxygen atoms in total. The molecule has 0 aliphatic carbocycles. The van der Waals surface area contributed by atoms with Crippen LogP contribution >= 0.6 is 24.0 Å². The zero-order valence-electron chi connectivity index (χ0n) is 19.9. The third kappa shape index (κ3) is 8.72. The van der Waals surface area contributed by atoms with Crippen molar-refractivity contribution >= 4 is 29.9 Å². The Morgan fingerprint density at radius 1 is 1.21 bits per heavy atom. The number of aliphatic hydroxyl groups is 1. The van der Waals surface area contributed by atoms with E-state index < -0.39 is 5.60 Å². The second-order valence-electron chi connectivity index (χ2n) is 8.33. The van der Waals surface area contributed by atoms with Crippen molar-refractivity contribution < 1.29 is 14.6 Å². The topological polar surface area (TPSA) is 109 Å². The van der Waals surface area contributed by atoms with Crippen LogP contribution in [0.15, 0.2) is 29.3 Å². The number of halogens is 1. The molecule has 1 aromatic carbocycles. The first-order valence-electron chi connectivity index (χ1n) is 10.9. The molecule has 2 aromatic rings. The molecule has 3 N–H and O–H groups in total. The maximum atomic E-state index is 10.9. The molecular weight excluding hydrogens is 537 g/mol. The molecule has 1 aromatic heterocycles. The largest absolute Gasteiger partial charge is 0.497 e. The van der Waals surface area contributed by atoms with Gasteiger partial charge in [-0.25, -0.2) is 4.99 Å². The summed E-state index contributed by atoms with van der Waals surface area (Å²) in [6, 6.07) is 7.81. The minimum Gasteiger partial charge on any atom is -0.497 e. The molecule has 1 aliphatic rings. The molecule has 3 rings (SSSR count). The highest BCUT2D eigenvalue weighted by Crippen LogP contribution is 2.12. The number of aliphatic imine (C=N–C) groups is 1. The molecule has 0 amide bonds. The van der Waals surface area contributed by atoms with E-state index in [0.717, 1.165) is 36.1 Å². The van der Waals surface area contributed by atoms with E-state index in [1.165, 1.54) is 0 Å². The van der Waals surface area contributed by atoms with Crippen LogP contribution in [0.4, 0.5) is 0 Å². The standard InChI is InChI=1S/C22H35N7O3.HI/c1-17-26-27-20(28(17)3)14-24-21(23-13-18-5-7-19(31-4)8-6-18)25-15-22(2,30)16-29-9-11-32-12-10-29;/h5-8,30H,9-16H2,1-4H3,(H2,23,24,25);1H. The number of nitrogens with one attached hydrogen (secondary N) is 2. The van der Waals surface area contributed by atoms with Gasteiger partial charge in [0.25, 0.3) is 0 Å². The lowest BCUT2D eigenvalue weighted by Crippen LogP contribution is -2.52. The summed E-state index contributed by atoms with van der Waals surface area (Å²) in [5, 5.41) is 25.8. The summed E-state index contributed by atoms with van der Waals surface area (Å²) in [5.41, 5.74) is 0.142. The van der Waals surface area contributed by atoms with Crippen molar-refractivity contribution in [3.8, 4) is 5.75 Å². The third-order valence-corrected chi connectivity index (χ3v) is 5.48. The van der Waals surface area contributed by atoms with Gasteiger partial charge in [-0.15, -0.1) is 34.2 Å². The average molecular weight is 573 g/mol. The molecule has 1 saturated heterocycles. The second-order valence-corrected chi connectivity index (χ2v) is 8.33. The van der Waals surface area contributed by atoms with Gasteiger partial charge in [0.15, 0.2) is 11.8 Å². The number of hydrogen-bond donors (Lipinski definition) is 3. The fraction of sp³-hybridized carbons (Fsp3) is 0.591. The summed E-state index contributed by atoms with van der Waals surface area (Å²) in [4.78, 5) is 6.92. The van der Waals surface area contributed by atoms with Crippen LogP contribution in [0.3, 0.4) is 0 Å². The van der Waals surface area contributed by atoms with Crippen LogP contribution in [-0.2, 0) is 24.9 Å². The van der Waals surface area contributed by atoms with Crippen molar-refractivity contribution in [1.82, 2.24) is 30.3 Å². The first-order valence-corrected chi connectivity index (χ1v) is 10.9. The van der Waals surface area contributed by atoms with Gasteiger partial charge in [0.2, 0.25) is 0 Å². The first kappa shape index (κ1) is 27.3. The Hall–Kier alpha value is -1.96. The van der Waals surface area contributed by atoms with Crippen molar-refractivity contribution in [3.63, 3.8) is 0 Å². The molecule has 0 saturated carbocycles. The number of ether oxygens (including phenoxy) is 2. The Morgan fingerprint density at radius 3 is 2.52 bits per heavy atom. The van der Waals surface area contributed by atoms with E-state index >= 15 is 0 Å². The lowest BCUT2D eigenvalue weighted by Gasteiger charge is -2.34. The van der Waals surface area contributed by atoms with E-state index in [1.807, 2.05) is 49.7 Å². The van der Waals surface area contributed by atoms with Crippen LogP contribution in [0.1, 0.15) is 24.1 Å². The molecule has 1 aliphatic heterocycles. The van der Waals surface area contributed by atoms with Gasteiger partial charge in [0, 0.05) is 33.2 Å². The Kier molecular flexibility index (Phi) is 10.8. The monoisotopic (exact) mass is 573 g/mol. The third-order valence-electron chi connectivity index (χ3n) is 5.48. The normalized spacial score (nSPS) is 16.6. The highest BCUT2D eigenvalue weighted by atomic mass is 127. The molecule has 2 heterocycles. The van der Waals surface area contributed by atoms with E-state index in [-0.39, 0.29) is 24.0 Å². The molecule has 0 spiro atoms. The van der Waals surface area contributed by atoms with E-state index in [2.05, 4.69) is 25.7 Å². The maximum absolute atomic E-state index is 10.9. The van der Waals surface area contributed by atoms with Gasteiger partial charge in [-0.2, -0.15) is 0 Å². The Balaban J connectivity index is 0.00000385. The minimum absolute atomic E-state index is 0. The highest BCUT2D eigenvalue weighted by molar-refractivity contribution is 14.0. The van der Waals surface area contributed by atoms with E-state index in [0.29, 0.717) is 45.4 Å². The van der Waals surface area contributed by atoms with Crippen molar-refractivity contribution in [2.24, 2.45) is 12.0 Å². The van der Waals surface area contributed by atoms with Crippen LogP contribution in [0.25, 0.3) is 0 Å². The van der Waals surface area contributed by atoms with E-state index in [9.17, 15) is 5.11 Å². The summed E-state index contributed by atoms with van der Waals surface area (Å²) in [5.74, 6) is 3.07. The van der Waals surface area contributed by atoms with Crippen LogP contribution in [0.5, 0.6) is 5.75 Å². The van der Waals surface area contributed by atoms with Gasteiger partial charge in [0.1, 0.15) is 11.6 Å². The van der Waals surface area contributed by atoms with E-state index in [4.69, 9.17) is 14.5 Å². The van der Waals surface area contributed by atoms with Crippen molar-refractivity contribution in [2.75, 3.05) is 46.5 Å². The number of benzene rings is 1. The number of aryl methyl sites for hydroxylation is 1. The quantitative estimate of drug-likeness (QED) is 0.232. The van der Waals surface area contributed by atoms with Gasteiger partial charge in [-0.1, -0.05) is 12.1 Å². The number of hydrogen-bond acceptors (Lipinski definition) is 7. The van der Waals surface area contributed by atoms with Crippen molar-refractivity contribution in [2.45, 2.75) is 32.5 Å². The summed E-state index contributed by atoms with van der Waals surface area (Å²) in [6.07, 6.45) is 0. The second kappa shape index (κ2) is 13.1. The first-order chi connectivity index (χ1) is 15.4. The minimum atomic E-state index is -0.915. The number of nitrogens with zero attached hydrogens (tertiary/aromatic N) is 5. The van der Waals surface area contributed by atoms with Gasteiger partial charge >= 0.3 is 0 Å². The Morgan fingerprint density at radius 2 is 1.91 bits per heavy atom. The summed E-state index contributed by atoms with van der Waals surface area (Å²) >= 11 is 0. The molecule has 1 fully saturated rings. The zero-order valence-corrected chi connectivity index (χ0v) is 22.2. The summed E-state index contributed by atoms with van der Waals surface area (Å²) < 4.78 is 12.5. The predicted molar refractivity (Wildman–Crippen MR) is 138 cm³/mol. The van der Waals surface area contributed by atoms with Crippen LogP contribution in [0, 0.1) is 6.92 Å². The molecule has 33 heavy (non-hydrogen) atoms. The fourth-order valence-electron chi connectivity index (χ4n) is 3.41. The Labute approximate surface area is 212 Å². The number of aromatic nitrogens is 3. The summed E-state index contributed by atoms with van der Waals surface area (Å²) in [7, 11) is 3.58. The van der Waals surface area contributed by atoms with Crippen LogP contribution in [-0.4, -0.2) is 82.8 Å². The van der Waals surface area contributed by atoms with Gasteiger partial charge in [-0.3, -0.25) is 4.90 Å². The molecular formula is C22H36IN7O3. The molecule has 1 atom stereocenters. The van der Waals surface area contributed by atoms with Crippen LogP contribution in [0.2, 0.25) is 0 Å². The molecule has 0 bridgehead atoms. The van der Waals surface area contributed by atoms with Gasteiger partial charge < -0.3 is 29.8 Å². The number of guanidine groups is 1. The predicted octanol–water partition coefficient (Wildman–Crippen LogP) is 1.07. The smallest absolute Gasteiger partial charge is 0.192 e. The zero-order chi connectivity index (χ0) is 23.0. The maximum Gasteiger partial charge on any atom is 0.192 e. The molecule has 0 radical (unpaired) electrons. The number of methoxy groups -OCH3 is 1. The Bertz CT molecular complexity index is 881. The fourth-order valence-corrected chi connectivity index (χ4v) is 3.41. The molecule has 11 heteroatoms. The molecule has 184 valence electrons. The highest BCUT2D eigenvalue weighted by Gasteiger charge is 2.25. The average Bonchev–Trinajstić information content (AvgIpc) is 3.11. The van der Waals surface area contributed by atoms with Gasteiger partial charge in [0.05, 0.1) is 39.0 Å². The number of β-amino-alcohol motifs (C(OH)–C–C–N with tert-alkyl or cyclic N) is 1. The van der Waals surface area contributed by atoms with Crippen molar-refractivity contribution in [3.05, 3.63) is 41.5 Å². The van der Waals surface area contributed by atoms with Crippen molar-refractivity contribution in [1.29, 1.82) is 0 Å². The van der Waals surface area contributed by atoms with Gasteiger partial charge in [-0.05, 0) is 31.5 Å². The van der Waals surface area contributed by atoms with Crippen LogP contribution < -0.4 is 15.4 Å². The molecule has 1 unspecified atom stereocenters. The van der Waals surface area contributed by atoms with E-state index in [1.54, 1.807) is 7.11 Å². The SMILES string of the molecule is COc1ccc(CN=C(NCc2nnc(C)n2C)NCC(C)(O)CN2CCOCC2)cc1.I. The lowest BCUT2D eigenvalue weighted by molar-refractivity contribution is -0.0201. The summed E-state index contributed by atoms with van der Waals surface area (Å²) in [6.45, 7) is 8.71. The number of rotatable bonds is 9.